The van der Waals surface area contributed by atoms with Gasteiger partial charge in [0.2, 0.25) is 5.91 Å². The van der Waals surface area contributed by atoms with Gasteiger partial charge in [-0.15, -0.1) is 0 Å². The van der Waals surface area contributed by atoms with Gasteiger partial charge in [-0.05, 0) is 12.5 Å². The molecule has 73 valence electrons. The summed E-state index contributed by atoms with van der Waals surface area (Å²) in [7, 11) is 0. The average molecular weight is 269 g/mol. The number of nitrogens with two attached hydrogens (primary N) is 1. The number of pyridine rings is 1. The molecule has 6 heteroatoms. The summed E-state index contributed by atoms with van der Waals surface area (Å²) in [5.41, 5.74) is 0.733. The third-order valence-electron chi connectivity index (χ3n) is 1.89. The Balaban J connectivity index is 0.000000845. The Kier molecular flexibility index (Phi) is 5.19. The summed E-state index contributed by atoms with van der Waals surface area (Å²) < 4.78 is 0. The number of nitrogens with zero attached hydrogens (tertiary/aromatic N) is 1. The van der Waals surface area contributed by atoms with Gasteiger partial charge in [-0.2, -0.15) is 0 Å². The van der Waals surface area contributed by atoms with Crippen LogP contribution in [0.2, 0.25) is 0 Å². The quantitative estimate of drug-likeness (QED) is 0.744. The van der Waals surface area contributed by atoms with Crippen molar-refractivity contribution >= 4 is 11.7 Å². The van der Waals surface area contributed by atoms with Crippen LogP contribution in [-0.4, -0.2) is 16.0 Å². The van der Waals surface area contributed by atoms with E-state index in [1.54, 1.807) is 0 Å². The summed E-state index contributed by atoms with van der Waals surface area (Å²) in [6.45, 7) is 0. The molecule has 0 unspecified atom stereocenters. The van der Waals surface area contributed by atoms with Gasteiger partial charge in [-0.3, -0.25) is 4.79 Å². The van der Waals surface area contributed by atoms with E-state index in [1.807, 2.05) is 0 Å². The van der Waals surface area contributed by atoms with E-state index in [0.29, 0.717) is 18.7 Å². The van der Waals surface area contributed by atoms with Crippen LogP contribution < -0.4 is 5.32 Å². The summed E-state index contributed by atoms with van der Waals surface area (Å²) in [4.78, 5) is 14.8. The summed E-state index contributed by atoms with van der Waals surface area (Å²) in [6, 6.07) is 1.52. The van der Waals surface area contributed by atoms with Gasteiger partial charge in [-0.25, -0.2) is 4.98 Å². The molecule has 14 heavy (non-hydrogen) atoms. The first kappa shape index (κ1) is 13.5. The fourth-order valence-corrected chi connectivity index (χ4v) is 1.27. The van der Waals surface area contributed by atoms with E-state index in [9.17, 15) is 9.90 Å². The molecule has 0 spiro atoms. The molecule has 1 radical (unpaired) electrons. The van der Waals surface area contributed by atoms with Crippen LogP contribution in [0.4, 0.5) is 5.82 Å². The van der Waals surface area contributed by atoms with Crippen molar-refractivity contribution in [2.45, 2.75) is 12.8 Å². The molecule has 0 atom stereocenters. The molecule has 1 aromatic heterocycles. The Hall–Kier alpha value is -0.516. The number of carbonyl (C=O) groups excluding carboxylic acids is 1. The maximum Gasteiger partial charge on any atom is 0.225 e. The number of hydrogen-bond donors (Lipinski definition) is 2. The van der Waals surface area contributed by atoms with Crippen LogP contribution in [0.25, 0.3) is 6.15 Å². The van der Waals surface area contributed by atoms with Gasteiger partial charge in [0, 0.05) is 50.9 Å². The third kappa shape index (κ3) is 2.50. The zero-order chi connectivity index (χ0) is 8.55. The number of hydrogen-bond acceptors (Lipinski definition) is 3. The van der Waals surface area contributed by atoms with Crippen LogP contribution in [0, 0.1) is 0 Å². The second-order valence-electron chi connectivity index (χ2n) is 2.71. The molecule has 0 fully saturated rings. The van der Waals surface area contributed by atoms with Gasteiger partial charge in [0.1, 0.15) is 11.6 Å². The monoisotopic (exact) mass is 269 g/mol. The zero-order valence-electron chi connectivity index (χ0n) is 7.53. The minimum atomic E-state index is -0.0411. The van der Waals surface area contributed by atoms with Crippen LogP contribution in [-0.2, 0) is 43.9 Å². The minimum Gasteiger partial charge on any atom is -0.693 e. The SMILES string of the molecule is O=C1CCc2c(O)ccnc2N1.[NH2-].[Y]. The molecule has 2 heterocycles. The normalized spacial score (nSPS) is 13.0. The first-order valence-corrected chi connectivity index (χ1v) is 3.74. The smallest absolute Gasteiger partial charge is 0.225 e. The molecule has 0 bridgehead atoms. The van der Waals surface area contributed by atoms with Crippen molar-refractivity contribution in [3.63, 3.8) is 0 Å². The number of rotatable bonds is 0. The molecular formula is C8H10N3O2Y-. The molecule has 0 saturated carbocycles. The maximum absolute atomic E-state index is 10.9. The molecule has 1 amide bonds. The van der Waals surface area contributed by atoms with E-state index in [2.05, 4.69) is 10.3 Å². The summed E-state index contributed by atoms with van der Waals surface area (Å²) in [6.07, 6.45) is 2.47. The van der Waals surface area contributed by atoms with Crippen LogP contribution in [0.15, 0.2) is 12.3 Å². The second kappa shape index (κ2) is 5.39. The molecule has 0 aromatic carbocycles. The zero-order valence-corrected chi connectivity index (χ0v) is 10.4. The molecule has 0 saturated heterocycles. The number of amides is 1. The van der Waals surface area contributed by atoms with Crippen molar-refractivity contribution in [3.05, 3.63) is 24.0 Å². The summed E-state index contributed by atoms with van der Waals surface area (Å²) >= 11 is 0. The van der Waals surface area contributed by atoms with E-state index < -0.39 is 0 Å². The average Bonchev–Trinajstić information content (AvgIpc) is 2.04. The predicted molar refractivity (Wildman–Crippen MR) is 48.1 cm³/mol. The number of aromatic hydroxyl groups is 1. The van der Waals surface area contributed by atoms with Crippen LogP contribution in [0.1, 0.15) is 12.0 Å². The number of fused-ring (bicyclic) bond motifs is 1. The maximum atomic E-state index is 10.9. The standard InChI is InChI=1S/C8H8N2O2.H2N.Y/c11-6-3-4-9-8-5(6)1-2-7(12)10-8;;/h3-4H,1-2H2,(H2,9,10,11,12);1H2;/q;-1;. The van der Waals surface area contributed by atoms with Gasteiger partial charge in [0.25, 0.3) is 0 Å². The predicted octanol–water partition coefficient (Wildman–Crippen LogP) is 1.39. The van der Waals surface area contributed by atoms with Crippen molar-refractivity contribution in [1.29, 1.82) is 0 Å². The Bertz CT molecular complexity index is 343. The van der Waals surface area contributed by atoms with Crippen LogP contribution >= 0.6 is 0 Å². The molecule has 1 aliphatic rings. The number of carbonyl (C=O) groups is 1. The Labute approximate surface area is 107 Å². The topological polar surface area (TPSA) is 95.7 Å². The van der Waals surface area contributed by atoms with E-state index in [-0.39, 0.29) is 50.5 Å². The van der Waals surface area contributed by atoms with Crippen molar-refractivity contribution in [2.75, 3.05) is 5.32 Å². The molecular weight excluding hydrogens is 259 g/mol. The minimum absolute atomic E-state index is 0. The van der Waals surface area contributed by atoms with Gasteiger partial charge < -0.3 is 16.6 Å². The number of aromatic nitrogens is 1. The van der Waals surface area contributed by atoms with Gasteiger partial charge in [0.15, 0.2) is 0 Å². The fraction of sp³-hybridized carbons (Fsp3) is 0.250. The van der Waals surface area contributed by atoms with E-state index in [0.717, 1.165) is 5.56 Å². The van der Waals surface area contributed by atoms with Gasteiger partial charge in [0.05, 0.1) is 0 Å². The first-order valence-electron chi connectivity index (χ1n) is 3.74. The molecule has 4 N–H and O–H groups in total. The van der Waals surface area contributed by atoms with Crippen LogP contribution in [0.5, 0.6) is 5.75 Å². The molecule has 1 aliphatic heterocycles. The molecule has 1 aromatic rings. The second-order valence-corrected chi connectivity index (χ2v) is 2.71. The first-order chi connectivity index (χ1) is 5.77. The van der Waals surface area contributed by atoms with Crippen LogP contribution in [0.3, 0.4) is 0 Å². The van der Waals surface area contributed by atoms with Gasteiger partial charge >= 0.3 is 0 Å². The summed E-state index contributed by atoms with van der Waals surface area (Å²) in [5, 5.41) is 11.9. The molecule has 0 aliphatic carbocycles. The van der Waals surface area contributed by atoms with Gasteiger partial charge in [-0.1, -0.05) is 0 Å². The van der Waals surface area contributed by atoms with Crippen molar-refractivity contribution in [3.8, 4) is 5.75 Å². The van der Waals surface area contributed by atoms with Crippen molar-refractivity contribution < 1.29 is 42.6 Å². The Morgan fingerprint density at radius 3 is 2.86 bits per heavy atom. The van der Waals surface area contributed by atoms with E-state index in [4.69, 9.17) is 0 Å². The fourth-order valence-electron chi connectivity index (χ4n) is 1.27. The largest absolute Gasteiger partial charge is 0.693 e. The number of anilines is 1. The Morgan fingerprint density at radius 1 is 1.43 bits per heavy atom. The third-order valence-corrected chi connectivity index (χ3v) is 1.89. The van der Waals surface area contributed by atoms with E-state index >= 15 is 0 Å². The Morgan fingerprint density at radius 2 is 2.14 bits per heavy atom. The summed E-state index contributed by atoms with van der Waals surface area (Å²) in [5.74, 6) is 0.659. The van der Waals surface area contributed by atoms with Crippen molar-refractivity contribution in [2.24, 2.45) is 0 Å². The number of nitrogens with one attached hydrogen (secondary N) is 1. The molecule has 5 nitrogen and oxygen atoms in total. The van der Waals surface area contributed by atoms with Crippen molar-refractivity contribution in [1.82, 2.24) is 4.98 Å². The molecule has 2 rings (SSSR count). The van der Waals surface area contributed by atoms with E-state index in [1.165, 1.54) is 12.3 Å².